The van der Waals surface area contributed by atoms with Crippen LogP contribution in [0, 0.1) is 11.3 Å². The number of aliphatic hydroxyl groups excluding tert-OH is 1. The van der Waals surface area contributed by atoms with E-state index in [1.165, 1.54) is 0 Å². The van der Waals surface area contributed by atoms with Crippen LogP contribution in [0.3, 0.4) is 0 Å². The van der Waals surface area contributed by atoms with Crippen LogP contribution in [-0.4, -0.2) is 17.8 Å². The van der Waals surface area contributed by atoms with E-state index >= 15 is 0 Å². The molecule has 0 bridgehead atoms. The Balaban J connectivity index is 2.44. The summed E-state index contributed by atoms with van der Waals surface area (Å²) < 4.78 is 5.39. The van der Waals surface area contributed by atoms with Crippen molar-refractivity contribution in [3.63, 3.8) is 0 Å². The summed E-state index contributed by atoms with van der Waals surface area (Å²) in [5.41, 5.74) is 1.28. The van der Waals surface area contributed by atoms with Crippen molar-refractivity contribution < 1.29 is 9.84 Å². The van der Waals surface area contributed by atoms with Gasteiger partial charge in [-0.2, -0.15) is 5.26 Å². The Morgan fingerprint density at radius 1 is 1.64 bits per heavy atom. The second-order valence-electron chi connectivity index (χ2n) is 3.14. The number of nitriles is 1. The number of ether oxygens (including phenoxy) is 1. The highest BCUT2D eigenvalue weighted by Gasteiger charge is 2.25. The van der Waals surface area contributed by atoms with Crippen LogP contribution in [0.5, 0.6) is 5.75 Å². The molecule has 2 rings (SSSR count). The fraction of sp³-hybridized carbons (Fsp3) is 0.300. The summed E-state index contributed by atoms with van der Waals surface area (Å²) in [6.07, 6.45) is 0.344. The Morgan fingerprint density at radius 2 is 2.43 bits per heavy atom. The van der Waals surface area contributed by atoms with Gasteiger partial charge in [0.1, 0.15) is 17.9 Å². The van der Waals surface area contributed by atoms with Gasteiger partial charge in [0.2, 0.25) is 0 Å². The predicted octanol–water partition coefficient (Wildman–Crippen LogP) is 1.51. The summed E-state index contributed by atoms with van der Waals surface area (Å²) >= 11 is 5.99. The van der Waals surface area contributed by atoms with E-state index < -0.39 is 0 Å². The van der Waals surface area contributed by atoms with Crippen molar-refractivity contribution in [2.24, 2.45) is 0 Å². The average molecular weight is 210 g/mol. The predicted molar refractivity (Wildman–Crippen MR) is 51.4 cm³/mol. The lowest BCUT2D eigenvalue weighted by molar-refractivity contribution is 0.134. The number of nitrogens with zero attached hydrogens (tertiary/aromatic N) is 1. The number of hydrogen-bond acceptors (Lipinski definition) is 3. The molecule has 0 amide bonds. The van der Waals surface area contributed by atoms with E-state index in [9.17, 15) is 0 Å². The Hall–Kier alpha value is -1.24. The molecule has 0 fully saturated rings. The SMILES string of the molecule is N#Cc1ccc2c(c1Cl)CC(CO)O2. The first-order valence-corrected chi connectivity index (χ1v) is 4.63. The number of rotatable bonds is 1. The van der Waals surface area contributed by atoms with E-state index in [0.29, 0.717) is 22.8 Å². The lowest BCUT2D eigenvalue weighted by Gasteiger charge is -2.04. The lowest BCUT2D eigenvalue weighted by Crippen LogP contribution is -2.17. The molecule has 0 radical (unpaired) electrons. The zero-order valence-corrected chi connectivity index (χ0v) is 8.08. The van der Waals surface area contributed by atoms with Crippen LogP contribution in [0.2, 0.25) is 5.02 Å². The molecule has 72 valence electrons. The van der Waals surface area contributed by atoms with Crippen molar-refractivity contribution in [2.75, 3.05) is 6.61 Å². The first-order valence-electron chi connectivity index (χ1n) is 4.25. The summed E-state index contributed by atoms with van der Waals surface area (Å²) in [6, 6.07) is 5.35. The fourth-order valence-electron chi connectivity index (χ4n) is 1.54. The summed E-state index contributed by atoms with van der Waals surface area (Å²) in [6.45, 7) is -0.0348. The molecule has 1 unspecified atom stereocenters. The Bertz CT molecular complexity index is 411. The Labute approximate surface area is 86.5 Å². The first-order chi connectivity index (χ1) is 6.76. The van der Waals surface area contributed by atoms with Gasteiger partial charge in [-0.1, -0.05) is 11.6 Å². The molecule has 14 heavy (non-hydrogen) atoms. The van der Waals surface area contributed by atoms with Crippen LogP contribution >= 0.6 is 11.6 Å². The van der Waals surface area contributed by atoms with Gasteiger partial charge < -0.3 is 9.84 Å². The van der Waals surface area contributed by atoms with Gasteiger partial charge in [0.05, 0.1) is 17.2 Å². The third kappa shape index (κ3) is 1.33. The molecule has 1 heterocycles. The molecule has 4 heteroatoms. The third-order valence-corrected chi connectivity index (χ3v) is 2.68. The van der Waals surface area contributed by atoms with Gasteiger partial charge in [0, 0.05) is 12.0 Å². The second kappa shape index (κ2) is 3.49. The average Bonchev–Trinajstić information content (AvgIpc) is 2.62. The minimum atomic E-state index is -0.226. The largest absolute Gasteiger partial charge is 0.487 e. The van der Waals surface area contributed by atoms with E-state index in [1.54, 1.807) is 12.1 Å². The van der Waals surface area contributed by atoms with Gasteiger partial charge in [-0.15, -0.1) is 0 Å². The molecule has 0 aromatic heterocycles. The van der Waals surface area contributed by atoms with Gasteiger partial charge in [-0.25, -0.2) is 0 Å². The zero-order chi connectivity index (χ0) is 10.1. The van der Waals surface area contributed by atoms with Crippen molar-refractivity contribution in [3.8, 4) is 11.8 Å². The normalized spacial score (nSPS) is 18.5. The maximum atomic E-state index is 8.92. The number of fused-ring (bicyclic) bond motifs is 1. The molecule has 1 aromatic carbocycles. The highest BCUT2D eigenvalue weighted by molar-refractivity contribution is 6.32. The lowest BCUT2D eigenvalue weighted by atomic mass is 10.1. The molecule has 0 aliphatic carbocycles. The zero-order valence-electron chi connectivity index (χ0n) is 7.33. The maximum absolute atomic E-state index is 8.92. The van der Waals surface area contributed by atoms with Crippen molar-refractivity contribution in [1.82, 2.24) is 0 Å². The minimum absolute atomic E-state index is 0.0348. The van der Waals surface area contributed by atoms with Crippen molar-refractivity contribution in [1.29, 1.82) is 5.26 Å². The number of halogens is 1. The fourth-order valence-corrected chi connectivity index (χ4v) is 1.82. The smallest absolute Gasteiger partial charge is 0.126 e. The van der Waals surface area contributed by atoms with Crippen LogP contribution in [-0.2, 0) is 6.42 Å². The van der Waals surface area contributed by atoms with E-state index in [-0.39, 0.29) is 12.7 Å². The summed E-state index contributed by atoms with van der Waals surface area (Å²) in [7, 11) is 0. The standard InChI is InChI=1S/C10H8ClNO2/c11-10-6(4-12)1-2-9-8(10)3-7(5-13)14-9/h1-2,7,13H,3,5H2. The third-order valence-electron chi connectivity index (χ3n) is 2.25. The van der Waals surface area contributed by atoms with Crippen molar-refractivity contribution in [2.45, 2.75) is 12.5 Å². The van der Waals surface area contributed by atoms with E-state index in [1.807, 2.05) is 6.07 Å². The molecule has 1 aromatic rings. The van der Waals surface area contributed by atoms with Crippen LogP contribution < -0.4 is 4.74 Å². The van der Waals surface area contributed by atoms with E-state index in [2.05, 4.69) is 0 Å². The van der Waals surface area contributed by atoms with Gasteiger partial charge in [0.15, 0.2) is 0 Å². The monoisotopic (exact) mass is 209 g/mol. The molecular formula is C10H8ClNO2. The van der Waals surface area contributed by atoms with Gasteiger partial charge in [0.25, 0.3) is 0 Å². The van der Waals surface area contributed by atoms with E-state index in [0.717, 1.165) is 5.56 Å². The highest BCUT2D eigenvalue weighted by atomic mass is 35.5. The summed E-state index contributed by atoms with van der Waals surface area (Å²) in [5.74, 6) is 0.674. The van der Waals surface area contributed by atoms with E-state index in [4.69, 9.17) is 26.7 Å². The van der Waals surface area contributed by atoms with Crippen LogP contribution in [0.4, 0.5) is 0 Å². The van der Waals surface area contributed by atoms with Gasteiger partial charge in [-0.3, -0.25) is 0 Å². The number of aliphatic hydroxyl groups is 1. The highest BCUT2D eigenvalue weighted by Crippen LogP contribution is 2.36. The minimum Gasteiger partial charge on any atom is -0.487 e. The Kier molecular flexibility index (Phi) is 2.32. The van der Waals surface area contributed by atoms with Gasteiger partial charge in [-0.05, 0) is 12.1 Å². The van der Waals surface area contributed by atoms with Crippen molar-refractivity contribution in [3.05, 3.63) is 28.3 Å². The second-order valence-corrected chi connectivity index (χ2v) is 3.52. The Morgan fingerprint density at radius 3 is 3.07 bits per heavy atom. The summed E-state index contributed by atoms with van der Waals surface area (Å²) in [5, 5.41) is 18.1. The maximum Gasteiger partial charge on any atom is 0.126 e. The molecular weight excluding hydrogens is 202 g/mol. The first kappa shape index (κ1) is 9.32. The topological polar surface area (TPSA) is 53.2 Å². The molecule has 3 nitrogen and oxygen atoms in total. The number of hydrogen-bond donors (Lipinski definition) is 1. The molecule has 1 atom stereocenters. The van der Waals surface area contributed by atoms with Crippen LogP contribution in [0.25, 0.3) is 0 Å². The molecule has 1 aliphatic heterocycles. The molecule has 1 N–H and O–H groups in total. The quantitative estimate of drug-likeness (QED) is 0.763. The van der Waals surface area contributed by atoms with Gasteiger partial charge >= 0.3 is 0 Å². The summed E-state index contributed by atoms with van der Waals surface area (Å²) in [4.78, 5) is 0. The molecule has 0 spiro atoms. The van der Waals surface area contributed by atoms with Crippen molar-refractivity contribution >= 4 is 11.6 Å². The molecule has 1 aliphatic rings. The molecule has 0 saturated carbocycles. The van der Waals surface area contributed by atoms with Crippen LogP contribution in [0.1, 0.15) is 11.1 Å². The van der Waals surface area contributed by atoms with Crippen LogP contribution in [0.15, 0.2) is 12.1 Å². The molecule has 0 saturated heterocycles. The number of benzene rings is 1.